The zero-order chi connectivity index (χ0) is 17.3. The minimum absolute atomic E-state index is 0.0502. The maximum absolute atomic E-state index is 12.5. The quantitative estimate of drug-likeness (QED) is 0.789. The standard InChI is InChI=1S/C19H17BrO4/c1-3-24-17-9-11(8-15(20)19(17)23-2)7-12-10-14-13(18(12)22)5-4-6-16(14)21/h4-9,21H,3,10H2,1-2H3. The van der Waals surface area contributed by atoms with Gasteiger partial charge < -0.3 is 14.6 Å². The molecule has 124 valence electrons. The molecule has 3 rings (SSSR count). The van der Waals surface area contributed by atoms with E-state index in [-0.39, 0.29) is 11.5 Å². The molecule has 0 heterocycles. The first-order valence-electron chi connectivity index (χ1n) is 7.61. The molecule has 1 N–H and O–H groups in total. The molecule has 1 aliphatic rings. The molecule has 0 saturated heterocycles. The predicted octanol–water partition coefficient (Wildman–Crippen LogP) is 4.38. The minimum Gasteiger partial charge on any atom is -0.508 e. The molecule has 2 aromatic carbocycles. The molecule has 2 aromatic rings. The first-order valence-corrected chi connectivity index (χ1v) is 8.41. The van der Waals surface area contributed by atoms with Gasteiger partial charge in [-0.1, -0.05) is 12.1 Å². The van der Waals surface area contributed by atoms with Gasteiger partial charge >= 0.3 is 0 Å². The molecule has 0 atom stereocenters. The first kappa shape index (κ1) is 16.6. The highest BCUT2D eigenvalue weighted by molar-refractivity contribution is 9.10. The Morgan fingerprint density at radius 3 is 2.79 bits per heavy atom. The van der Waals surface area contributed by atoms with Crippen molar-refractivity contribution < 1.29 is 19.4 Å². The summed E-state index contributed by atoms with van der Waals surface area (Å²) in [6.45, 7) is 2.42. The Balaban J connectivity index is 2.01. The highest BCUT2D eigenvalue weighted by Crippen LogP contribution is 2.38. The van der Waals surface area contributed by atoms with Gasteiger partial charge in [-0.3, -0.25) is 4.79 Å². The van der Waals surface area contributed by atoms with Gasteiger partial charge in [0.1, 0.15) is 5.75 Å². The molecular weight excluding hydrogens is 372 g/mol. The summed E-state index contributed by atoms with van der Waals surface area (Å²) in [5.74, 6) is 1.35. The summed E-state index contributed by atoms with van der Waals surface area (Å²) in [4.78, 5) is 12.5. The highest BCUT2D eigenvalue weighted by atomic mass is 79.9. The fourth-order valence-electron chi connectivity index (χ4n) is 2.87. The van der Waals surface area contributed by atoms with Crippen LogP contribution in [0.1, 0.15) is 28.4 Å². The highest BCUT2D eigenvalue weighted by Gasteiger charge is 2.27. The number of Topliss-reactive ketones (excluding diaryl/α,β-unsaturated/α-hetero) is 1. The van der Waals surface area contributed by atoms with Gasteiger partial charge in [0, 0.05) is 23.1 Å². The Morgan fingerprint density at radius 1 is 1.33 bits per heavy atom. The second-order valence-electron chi connectivity index (χ2n) is 5.45. The molecular formula is C19H17BrO4. The number of carbonyl (C=O) groups excluding carboxylic acids is 1. The van der Waals surface area contributed by atoms with E-state index in [2.05, 4.69) is 15.9 Å². The number of fused-ring (bicyclic) bond motifs is 1. The van der Waals surface area contributed by atoms with E-state index in [0.717, 1.165) is 10.0 Å². The lowest BCUT2D eigenvalue weighted by molar-refractivity contribution is 0.104. The predicted molar refractivity (Wildman–Crippen MR) is 96.0 cm³/mol. The number of hydrogen-bond acceptors (Lipinski definition) is 4. The molecule has 0 spiro atoms. The number of aromatic hydroxyl groups is 1. The van der Waals surface area contributed by atoms with Crippen molar-refractivity contribution in [3.63, 3.8) is 0 Å². The molecule has 1 aliphatic carbocycles. The van der Waals surface area contributed by atoms with Crippen LogP contribution in [0, 0.1) is 0 Å². The van der Waals surface area contributed by atoms with Crippen molar-refractivity contribution in [3.8, 4) is 17.2 Å². The van der Waals surface area contributed by atoms with Crippen molar-refractivity contribution in [2.45, 2.75) is 13.3 Å². The number of allylic oxidation sites excluding steroid dienone is 1. The van der Waals surface area contributed by atoms with Crippen molar-refractivity contribution in [1.29, 1.82) is 0 Å². The maximum atomic E-state index is 12.5. The summed E-state index contributed by atoms with van der Waals surface area (Å²) in [6, 6.07) is 8.76. The van der Waals surface area contributed by atoms with E-state index < -0.39 is 0 Å². The lowest BCUT2D eigenvalue weighted by atomic mass is 10.1. The third kappa shape index (κ3) is 2.91. The normalized spacial score (nSPS) is 14.8. The second-order valence-corrected chi connectivity index (χ2v) is 6.30. The Hall–Kier alpha value is -2.27. The van der Waals surface area contributed by atoms with Gasteiger partial charge in [0.15, 0.2) is 17.3 Å². The van der Waals surface area contributed by atoms with Gasteiger partial charge in [0.05, 0.1) is 18.2 Å². The third-order valence-corrected chi connectivity index (χ3v) is 4.52. The monoisotopic (exact) mass is 388 g/mol. The molecule has 5 heteroatoms. The number of phenols is 1. The van der Waals surface area contributed by atoms with E-state index in [1.165, 1.54) is 0 Å². The van der Waals surface area contributed by atoms with Crippen molar-refractivity contribution in [2.75, 3.05) is 13.7 Å². The SMILES string of the molecule is CCOc1cc(C=C2Cc3c(O)cccc3C2=O)cc(Br)c1OC. The molecule has 0 saturated carbocycles. The number of methoxy groups -OCH3 is 1. The lowest BCUT2D eigenvalue weighted by Gasteiger charge is -2.12. The van der Waals surface area contributed by atoms with Crippen LogP contribution >= 0.6 is 15.9 Å². The molecule has 0 aromatic heterocycles. The number of phenolic OH excluding ortho intramolecular Hbond substituents is 1. The Bertz CT molecular complexity index is 840. The summed E-state index contributed by atoms with van der Waals surface area (Å²) in [6.07, 6.45) is 2.25. The Morgan fingerprint density at radius 2 is 2.12 bits per heavy atom. The summed E-state index contributed by atoms with van der Waals surface area (Å²) in [5, 5.41) is 9.94. The largest absolute Gasteiger partial charge is 0.508 e. The van der Waals surface area contributed by atoms with E-state index >= 15 is 0 Å². The molecule has 0 radical (unpaired) electrons. The molecule has 0 aliphatic heterocycles. The fraction of sp³-hybridized carbons (Fsp3) is 0.211. The number of carbonyl (C=O) groups is 1. The Labute approximate surface area is 148 Å². The topological polar surface area (TPSA) is 55.8 Å². The van der Waals surface area contributed by atoms with Crippen LogP contribution in [0.15, 0.2) is 40.4 Å². The van der Waals surface area contributed by atoms with E-state index in [1.54, 1.807) is 25.3 Å². The fourth-order valence-corrected chi connectivity index (χ4v) is 3.49. The van der Waals surface area contributed by atoms with Gasteiger partial charge in [-0.15, -0.1) is 0 Å². The third-order valence-electron chi connectivity index (χ3n) is 3.93. The van der Waals surface area contributed by atoms with Crippen LogP contribution in [-0.2, 0) is 6.42 Å². The smallest absolute Gasteiger partial charge is 0.189 e. The van der Waals surface area contributed by atoms with Crippen LogP contribution in [0.25, 0.3) is 6.08 Å². The number of hydrogen-bond donors (Lipinski definition) is 1. The summed E-state index contributed by atoms with van der Waals surface area (Å²) < 4.78 is 11.7. The summed E-state index contributed by atoms with van der Waals surface area (Å²) in [7, 11) is 1.58. The number of halogens is 1. The molecule has 0 fully saturated rings. The van der Waals surface area contributed by atoms with Crippen LogP contribution in [0.2, 0.25) is 0 Å². The Kier molecular flexibility index (Phi) is 4.62. The van der Waals surface area contributed by atoms with Crippen LogP contribution < -0.4 is 9.47 Å². The minimum atomic E-state index is -0.0502. The van der Waals surface area contributed by atoms with Crippen LogP contribution in [-0.4, -0.2) is 24.6 Å². The van der Waals surface area contributed by atoms with E-state index in [4.69, 9.17) is 9.47 Å². The molecule has 0 bridgehead atoms. The van der Waals surface area contributed by atoms with Gasteiger partial charge in [0.25, 0.3) is 0 Å². The molecule has 24 heavy (non-hydrogen) atoms. The van der Waals surface area contributed by atoms with Crippen molar-refractivity contribution >= 4 is 27.8 Å². The molecule has 0 unspecified atom stereocenters. The van der Waals surface area contributed by atoms with Gasteiger partial charge in [0.2, 0.25) is 0 Å². The average Bonchev–Trinajstić information content (AvgIpc) is 2.86. The second kappa shape index (κ2) is 6.69. The zero-order valence-corrected chi connectivity index (χ0v) is 15.0. The first-order chi connectivity index (χ1) is 11.5. The van der Waals surface area contributed by atoms with Gasteiger partial charge in [-0.25, -0.2) is 0 Å². The summed E-state index contributed by atoms with van der Waals surface area (Å²) in [5.41, 5.74) is 2.73. The van der Waals surface area contributed by atoms with Crippen molar-refractivity contribution in [1.82, 2.24) is 0 Å². The van der Waals surface area contributed by atoms with Crippen molar-refractivity contribution in [2.24, 2.45) is 0 Å². The molecule has 0 amide bonds. The summed E-state index contributed by atoms with van der Waals surface area (Å²) >= 11 is 3.47. The number of ketones is 1. The number of rotatable bonds is 4. The van der Waals surface area contributed by atoms with E-state index in [0.29, 0.717) is 41.2 Å². The zero-order valence-electron chi connectivity index (χ0n) is 13.4. The maximum Gasteiger partial charge on any atom is 0.189 e. The van der Waals surface area contributed by atoms with Crippen molar-refractivity contribution in [3.05, 3.63) is 57.1 Å². The van der Waals surface area contributed by atoms with Crippen LogP contribution in [0.3, 0.4) is 0 Å². The number of benzene rings is 2. The van der Waals surface area contributed by atoms with Crippen LogP contribution in [0.5, 0.6) is 17.2 Å². The molecule has 4 nitrogen and oxygen atoms in total. The van der Waals surface area contributed by atoms with E-state index in [1.807, 2.05) is 25.1 Å². The van der Waals surface area contributed by atoms with Crippen LogP contribution in [0.4, 0.5) is 0 Å². The van der Waals surface area contributed by atoms with Gasteiger partial charge in [-0.05, 0) is 52.7 Å². The van der Waals surface area contributed by atoms with Gasteiger partial charge in [-0.2, -0.15) is 0 Å². The average molecular weight is 389 g/mol. The van der Waals surface area contributed by atoms with E-state index in [9.17, 15) is 9.90 Å². The lowest BCUT2D eigenvalue weighted by Crippen LogP contribution is -1.98. The number of ether oxygens (including phenoxy) is 2.